The number of imide groups is 2. The van der Waals surface area contributed by atoms with E-state index in [1.165, 1.54) is 6.07 Å². The first kappa shape index (κ1) is 39.6. The number of ether oxygens (including phenoxy) is 1. The van der Waals surface area contributed by atoms with E-state index in [1.54, 1.807) is 18.2 Å². The fourth-order valence-corrected chi connectivity index (χ4v) is 10.9. The SMILES string of the molecule is CC1(C)C(Oc2ccc(C#N)c(Cl)c2)C(C)(C)C1N1Cc2nc(C#CC3CCN(C4CN(c5cc6c(cc5F)C(=O)N(C5CCC(=O)NC5=O)C6=O)C4)CC3)ccc2C1=O. The van der Waals surface area contributed by atoms with Gasteiger partial charge in [-0.15, -0.1) is 0 Å². The Balaban J connectivity index is 0.786. The molecule has 1 saturated carbocycles. The average Bonchev–Trinajstić information content (AvgIpc) is 3.62. The minimum atomic E-state index is -1.11. The van der Waals surface area contributed by atoms with E-state index in [1.807, 2.05) is 21.9 Å². The van der Waals surface area contributed by atoms with Gasteiger partial charge in [-0.05, 0) is 74.7 Å². The molecule has 5 aliphatic heterocycles. The van der Waals surface area contributed by atoms with Crippen molar-refractivity contribution in [1.82, 2.24) is 25.0 Å². The summed E-state index contributed by atoms with van der Waals surface area (Å²) < 4.78 is 21.8. The molecule has 3 saturated heterocycles. The van der Waals surface area contributed by atoms with Crippen molar-refractivity contribution in [3.8, 4) is 23.7 Å². The number of nitrogens with zero attached hydrogens (tertiary/aromatic N) is 6. The van der Waals surface area contributed by atoms with E-state index >= 15 is 4.39 Å². The number of hydrogen-bond donors (Lipinski definition) is 1. The molecular weight excluding hydrogens is 789 g/mol. The third-order valence-electron chi connectivity index (χ3n) is 13.3. The molecule has 0 spiro atoms. The number of amides is 5. The first-order valence-corrected chi connectivity index (χ1v) is 20.7. The zero-order valence-electron chi connectivity index (χ0n) is 33.7. The second kappa shape index (κ2) is 14.4. The summed E-state index contributed by atoms with van der Waals surface area (Å²) in [6.07, 6.45) is 1.56. The summed E-state index contributed by atoms with van der Waals surface area (Å²) >= 11 is 6.28. The molecule has 15 heteroatoms. The molecular formula is C45H43ClFN7O6. The first-order valence-electron chi connectivity index (χ1n) is 20.3. The average molecular weight is 832 g/mol. The van der Waals surface area contributed by atoms with Crippen molar-refractivity contribution in [3.05, 3.63) is 86.9 Å². The monoisotopic (exact) mass is 831 g/mol. The predicted octanol–water partition coefficient (Wildman–Crippen LogP) is 4.94. The van der Waals surface area contributed by atoms with E-state index in [0.29, 0.717) is 52.9 Å². The first-order chi connectivity index (χ1) is 28.6. The van der Waals surface area contributed by atoms with E-state index in [4.69, 9.17) is 21.3 Å². The normalized spacial score (nSPS) is 24.9. The Bertz CT molecular complexity index is 2490. The molecule has 6 heterocycles. The second-order valence-electron chi connectivity index (χ2n) is 17.9. The quantitative estimate of drug-likeness (QED) is 0.267. The van der Waals surface area contributed by atoms with E-state index in [-0.39, 0.29) is 70.5 Å². The van der Waals surface area contributed by atoms with Crippen LogP contribution in [0, 0.1) is 45.7 Å². The zero-order chi connectivity index (χ0) is 42.4. The Kier molecular flexibility index (Phi) is 9.52. The summed E-state index contributed by atoms with van der Waals surface area (Å²) in [6.45, 7) is 11.6. The lowest BCUT2D eigenvalue weighted by Gasteiger charge is -2.65. The van der Waals surface area contributed by atoms with Crippen molar-refractivity contribution in [2.24, 2.45) is 16.7 Å². The number of likely N-dealkylation sites (tertiary alicyclic amines) is 1. The predicted molar refractivity (Wildman–Crippen MR) is 216 cm³/mol. The van der Waals surface area contributed by atoms with Crippen molar-refractivity contribution < 1.29 is 33.1 Å². The lowest BCUT2D eigenvalue weighted by molar-refractivity contribution is -0.199. The molecule has 1 aromatic heterocycles. The number of aromatic nitrogens is 1. The van der Waals surface area contributed by atoms with Crippen molar-refractivity contribution in [3.63, 3.8) is 0 Å². The Morgan fingerprint density at radius 1 is 0.900 bits per heavy atom. The van der Waals surface area contributed by atoms with Gasteiger partial charge in [-0.25, -0.2) is 9.37 Å². The van der Waals surface area contributed by atoms with Crippen LogP contribution in [0.25, 0.3) is 0 Å². The Labute approximate surface area is 351 Å². The van der Waals surface area contributed by atoms with Crippen LogP contribution in [-0.2, 0) is 16.1 Å². The van der Waals surface area contributed by atoms with Crippen LogP contribution in [0.1, 0.15) is 101 Å². The highest BCUT2D eigenvalue weighted by atomic mass is 35.5. The maximum absolute atomic E-state index is 15.4. The van der Waals surface area contributed by atoms with Gasteiger partial charge >= 0.3 is 0 Å². The highest BCUT2D eigenvalue weighted by Crippen LogP contribution is 2.59. The van der Waals surface area contributed by atoms with Gasteiger partial charge in [-0.1, -0.05) is 45.2 Å². The fourth-order valence-electron chi connectivity index (χ4n) is 10.7. The smallest absolute Gasteiger partial charge is 0.262 e. The molecule has 5 amide bonds. The van der Waals surface area contributed by atoms with Crippen LogP contribution in [-0.4, -0.2) is 99.6 Å². The summed E-state index contributed by atoms with van der Waals surface area (Å²) in [4.78, 5) is 76.0. The van der Waals surface area contributed by atoms with Crippen molar-refractivity contribution >= 4 is 46.8 Å². The van der Waals surface area contributed by atoms with Crippen LogP contribution in [0.5, 0.6) is 5.75 Å². The molecule has 1 atom stereocenters. The largest absolute Gasteiger partial charge is 0.489 e. The van der Waals surface area contributed by atoms with Crippen LogP contribution >= 0.6 is 11.6 Å². The summed E-state index contributed by atoms with van der Waals surface area (Å²) in [5.74, 6) is 4.23. The van der Waals surface area contributed by atoms with Gasteiger partial charge in [-0.3, -0.25) is 39.1 Å². The molecule has 4 fully saturated rings. The number of anilines is 1. The van der Waals surface area contributed by atoms with E-state index in [2.05, 4.69) is 55.8 Å². The van der Waals surface area contributed by atoms with Gasteiger partial charge in [0.15, 0.2) is 0 Å². The van der Waals surface area contributed by atoms with Crippen molar-refractivity contribution in [2.75, 3.05) is 31.1 Å². The second-order valence-corrected chi connectivity index (χ2v) is 18.3. The number of piperidine rings is 2. The van der Waals surface area contributed by atoms with Gasteiger partial charge in [0, 0.05) is 54.4 Å². The Morgan fingerprint density at radius 3 is 2.27 bits per heavy atom. The lowest BCUT2D eigenvalue weighted by Crippen LogP contribution is -2.74. The molecule has 1 unspecified atom stereocenters. The highest BCUT2D eigenvalue weighted by molar-refractivity contribution is 6.31. The summed E-state index contributed by atoms with van der Waals surface area (Å²) in [7, 11) is 0. The van der Waals surface area contributed by atoms with Crippen LogP contribution in [0.4, 0.5) is 10.1 Å². The van der Waals surface area contributed by atoms with Crippen molar-refractivity contribution in [1.29, 1.82) is 5.26 Å². The number of nitrogens with one attached hydrogen (secondary N) is 1. The fraction of sp³-hybridized carbons (Fsp3) is 0.444. The number of carbonyl (C=O) groups excluding carboxylic acids is 5. The molecule has 1 N–H and O–H groups in total. The third-order valence-corrected chi connectivity index (χ3v) is 13.6. The highest BCUT2D eigenvalue weighted by Gasteiger charge is 2.67. The van der Waals surface area contributed by atoms with E-state index in [9.17, 15) is 29.2 Å². The summed E-state index contributed by atoms with van der Waals surface area (Å²) in [5.41, 5.74) is 1.77. The summed E-state index contributed by atoms with van der Waals surface area (Å²) in [6, 6.07) is 12.2. The molecule has 6 aliphatic rings. The van der Waals surface area contributed by atoms with Gasteiger partial charge in [0.25, 0.3) is 17.7 Å². The van der Waals surface area contributed by atoms with Gasteiger partial charge in [-0.2, -0.15) is 5.26 Å². The van der Waals surface area contributed by atoms with Gasteiger partial charge in [0.05, 0.1) is 45.2 Å². The molecule has 13 nitrogen and oxygen atoms in total. The topological polar surface area (TPSA) is 156 Å². The number of pyridine rings is 1. The third kappa shape index (κ3) is 6.39. The van der Waals surface area contributed by atoms with Crippen LogP contribution in [0.2, 0.25) is 5.02 Å². The number of carbonyl (C=O) groups is 5. The molecule has 2 aromatic carbocycles. The molecule has 3 aromatic rings. The molecule has 0 radical (unpaired) electrons. The minimum absolute atomic E-state index is 0.00866. The Morgan fingerprint density at radius 2 is 1.60 bits per heavy atom. The maximum atomic E-state index is 15.4. The maximum Gasteiger partial charge on any atom is 0.262 e. The molecule has 60 heavy (non-hydrogen) atoms. The molecule has 9 rings (SSSR count). The minimum Gasteiger partial charge on any atom is -0.489 e. The van der Waals surface area contributed by atoms with Crippen LogP contribution < -0.4 is 15.0 Å². The number of hydrogen-bond acceptors (Lipinski definition) is 10. The standard InChI is InChI=1S/C45H43ClFN7O6/c1-44(2)42(45(3,4)43(44)60-28-9-6-25(20-48)32(46)17-28)53-23-34-29(39(53)57)10-8-26(49-34)7-5-24-13-15-51(16-14-24)27-21-52(22-27)36-19-31-30(18-33(36)47)40(58)54(41(31)59)35-11-12-37(55)50-38(35)56/h6,8-10,17-19,24,27,35,42-43H,11-16,21-23H2,1-4H3,(H,50,55,56). The van der Waals surface area contributed by atoms with Crippen molar-refractivity contribution in [2.45, 2.75) is 84.2 Å². The Hall–Kier alpha value is -5.83. The van der Waals surface area contributed by atoms with Crippen LogP contribution in [0.3, 0.4) is 0 Å². The lowest BCUT2D eigenvalue weighted by atomic mass is 9.49. The van der Waals surface area contributed by atoms with Crippen LogP contribution in [0.15, 0.2) is 42.5 Å². The van der Waals surface area contributed by atoms with Gasteiger partial charge < -0.3 is 14.5 Å². The van der Waals surface area contributed by atoms with Gasteiger partial charge in [0.2, 0.25) is 11.8 Å². The molecule has 1 aliphatic carbocycles. The molecule has 308 valence electrons. The van der Waals surface area contributed by atoms with E-state index < -0.39 is 35.5 Å². The number of fused-ring (bicyclic) bond motifs is 2. The van der Waals surface area contributed by atoms with E-state index in [0.717, 1.165) is 36.9 Å². The molecule has 0 bridgehead atoms. The van der Waals surface area contributed by atoms with Gasteiger partial charge in [0.1, 0.15) is 35.5 Å². The number of benzene rings is 2. The number of rotatable bonds is 6. The number of nitriles is 1. The zero-order valence-corrected chi connectivity index (χ0v) is 34.4. The number of halogens is 2. The summed E-state index contributed by atoms with van der Waals surface area (Å²) in [5, 5.41) is 11.8.